The van der Waals surface area contributed by atoms with Crippen molar-refractivity contribution in [2.24, 2.45) is 0 Å². The molecule has 0 unspecified atom stereocenters. The molecule has 0 saturated heterocycles. The van der Waals surface area contributed by atoms with Crippen molar-refractivity contribution in [3.05, 3.63) is 52.5 Å². The minimum absolute atomic E-state index is 0.262. The fraction of sp³-hybridized carbons (Fsp3) is 0.400. The fourth-order valence-corrected chi connectivity index (χ4v) is 2.14. The monoisotopic (exact) mass is 288 g/mol. The van der Waals surface area contributed by atoms with Crippen LogP contribution in [0.5, 0.6) is 0 Å². The number of pyridine rings is 1. The van der Waals surface area contributed by atoms with Gasteiger partial charge in [-0.1, -0.05) is 19.9 Å². The third kappa shape index (κ3) is 4.05. The van der Waals surface area contributed by atoms with Crippen LogP contribution in [0.25, 0.3) is 0 Å². The Bertz CT molecular complexity index is 657. The van der Waals surface area contributed by atoms with Gasteiger partial charge in [-0.3, -0.25) is 9.59 Å². The van der Waals surface area contributed by atoms with Gasteiger partial charge in [-0.25, -0.2) is 4.98 Å². The summed E-state index contributed by atoms with van der Waals surface area (Å²) in [5.41, 5.74) is 0.00985. The standard InChI is InChI=1S/C15H20N4O2/c1-11(2)14-16-8-10-19(14)9-4-7-17-15(21)12-5-3-6-13(20)18-12/h3,5-6,8,10-11H,4,7,9H2,1-2H3,(H,17,21)(H,18,20). The quantitative estimate of drug-likeness (QED) is 0.791. The summed E-state index contributed by atoms with van der Waals surface area (Å²) in [4.78, 5) is 29.8. The molecule has 2 rings (SSSR count). The first-order chi connectivity index (χ1) is 10.1. The number of amides is 1. The molecule has 0 radical (unpaired) electrons. The Morgan fingerprint density at radius 1 is 1.43 bits per heavy atom. The highest BCUT2D eigenvalue weighted by Gasteiger charge is 2.08. The number of hydrogen-bond donors (Lipinski definition) is 2. The molecule has 2 aromatic heterocycles. The number of hydrogen-bond acceptors (Lipinski definition) is 3. The van der Waals surface area contributed by atoms with Gasteiger partial charge < -0.3 is 14.9 Å². The summed E-state index contributed by atoms with van der Waals surface area (Å²) in [6.07, 6.45) is 4.55. The fourth-order valence-electron chi connectivity index (χ4n) is 2.14. The Hall–Kier alpha value is -2.37. The number of H-pyrrole nitrogens is 1. The van der Waals surface area contributed by atoms with Crippen LogP contribution >= 0.6 is 0 Å². The van der Waals surface area contributed by atoms with E-state index in [0.717, 1.165) is 18.8 Å². The summed E-state index contributed by atoms with van der Waals surface area (Å²) in [5, 5.41) is 2.79. The number of aromatic nitrogens is 3. The lowest BCUT2D eigenvalue weighted by Gasteiger charge is -2.10. The van der Waals surface area contributed by atoms with Crippen LogP contribution in [0.2, 0.25) is 0 Å². The predicted octanol–water partition coefficient (Wildman–Crippen LogP) is 1.51. The van der Waals surface area contributed by atoms with E-state index in [1.807, 2.05) is 6.20 Å². The summed E-state index contributed by atoms with van der Waals surface area (Å²) in [7, 11) is 0. The van der Waals surface area contributed by atoms with Crippen LogP contribution in [0.15, 0.2) is 35.4 Å². The lowest BCUT2D eigenvalue weighted by molar-refractivity contribution is 0.0947. The van der Waals surface area contributed by atoms with Crippen LogP contribution in [0.3, 0.4) is 0 Å². The predicted molar refractivity (Wildman–Crippen MR) is 80.3 cm³/mol. The van der Waals surface area contributed by atoms with Crippen molar-refractivity contribution in [2.45, 2.75) is 32.7 Å². The molecule has 0 bridgehead atoms. The van der Waals surface area contributed by atoms with Crippen LogP contribution < -0.4 is 10.9 Å². The average Bonchev–Trinajstić information content (AvgIpc) is 2.92. The zero-order valence-electron chi connectivity index (χ0n) is 12.3. The lowest BCUT2D eigenvalue weighted by Crippen LogP contribution is -2.27. The van der Waals surface area contributed by atoms with Crippen LogP contribution in [0.4, 0.5) is 0 Å². The van der Waals surface area contributed by atoms with E-state index < -0.39 is 0 Å². The van der Waals surface area contributed by atoms with E-state index in [0.29, 0.717) is 12.5 Å². The van der Waals surface area contributed by atoms with Crippen molar-refractivity contribution >= 4 is 5.91 Å². The van der Waals surface area contributed by atoms with Gasteiger partial charge in [0.15, 0.2) is 0 Å². The number of nitrogens with one attached hydrogen (secondary N) is 2. The molecule has 112 valence electrons. The number of rotatable bonds is 6. The van der Waals surface area contributed by atoms with Crippen molar-refractivity contribution in [3.63, 3.8) is 0 Å². The second-order valence-electron chi connectivity index (χ2n) is 5.17. The summed E-state index contributed by atoms with van der Waals surface area (Å²) in [6.45, 7) is 5.56. The number of carbonyl (C=O) groups is 1. The molecule has 2 heterocycles. The molecule has 21 heavy (non-hydrogen) atoms. The van der Waals surface area contributed by atoms with Crippen LogP contribution in [-0.4, -0.2) is 27.0 Å². The SMILES string of the molecule is CC(C)c1nccn1CCCNC(=O)c1cccc(=O)[nH]1. The van der Waals surface area contributed by atoms with E-state index in [1.165, 1.54) is 6.07 Å². The largest absolute Gasteiger partial charge is 0.351 e. The first-order valence-corrected chi connectivity index (χ1v) is 7.06. The highest BCUT2D eigenvalue weighted by Crippen LogP contribution is 2.11. The van der Waals surface area contributed by atoms with Gasteiger partial charge in [-0.2, -0.15) is 0 Å². The third-order valence-electron chi connectivity index (χ3n) is 3.14. The van der Waals surface area contributed by atoms with Gasteiger partial charge in [0.25, 0.3) is 5.91 Å². The highest BCUT2D eigenvalue weighted by molar-refractivity contribution is 5.92. The minimum atomic E-state index is -0.275. The number of carbonyl (C=O) groups excluding carboxylic acids is 1. The molecule has 0 aliphatic rings. The normalized spacial score (nSPS) is 10.8. The Morgan fingerprint density at radius 2 is 2.24 bits per heavy atom. The molecule has 0 saturated carbocycles. The van der Waals surface area contributed by atoms with Gasteiger partial charge in [-0.05, 0) is 12.5 Å². The molecule has 2 aromatic rings. The molecular formula is C15H20N4O2. The molecule has 0 aromatic carbocycles. The zero-order chi connectivity index (χ0) is 15.2. The first kappa shape index (κ1) is 15.0. The smallest absolute Gasteiger partial charge is 0.267 e. The summed E-state index contributed by atoms with van der Waals surface area (Å²) in [5.74, 6) is 1.17. The Kier molecular flexibility index (Phi) is 4.92. The number of nitrogens with zero attached hydrogens (tertiary/aromatic N) is 2. The Balaban J connectivity index is 1.81. The van der Waals surface area contributed by atoms with Crippen LogP contribution in [0.1, 0.15) is 42.5 Å². The van der Waals surface area contributed by atoms with Crippen molar-refractivity contribution < 1.29 is 4.79 Å². The minimum Gasteiger partial charge on any atom is -0.351 e. The van der Waals surface area contributed by atoms with Gasteiger partial charge in [0.2, 0.25) is 5.56 Å². The molecular weight excluding hydrogens is 268 g/mol. The molecule has 6 nitrogen and oxygen atoms in total. The number of aromatic amines is 1. The molecule has 2 N–H and O–H groups in total. The molecule has 0 spiro atoms. The molecule has 0 fully saturated rings. The van der Waals surface area contributed by atoms with Gasteiger partial charge in [0.1, 0.15) is 11.5 Å². The van der Waals surface area contributed by atoms with Crippen LogP contribution in [0, 0.1) is 0 Å². The van der Waals surface area contributed by atoms with Gasteiger partial charge >= 0.3 is 0 Å². The van der Waals surface area contributed by atoms with Crippen LogP contribution in [-0.2, 0) is 6.54 Å². The van der Waals surface area contributed by atoms with Crippen molar-refractivity contribution in [1.82, 2.24) is 19.9 Å². The lowest BCUT2D eigenvalue weighted by atomic mass is 10.2. The maximum absolute atomic E-state index is 11.8. The van der Waals surface area contributed by atoms with Crippen molar-refractivity contribution in [2.75, 3.05) is 6.54 Å². The molecule has 0 atom stereocenters. The maximum atomic E-state index is 11.8. The van der Waals surface area contributed by atoms with E-state index in [-0.39, 0.29) is 17.2 Å². The highest BCUT2D eigenvalue weighted by atomic mass is 16.2. The zero-order valence-corrected chi connectivity index (χ0v) is 12.3. The van der Waals surface area contributed by atoms with Crippen molar-refractivity contribution in [3.8, 4) is 0 Å². The van der Waals surface area contributed by atoms with Gasteiger partial charge in [-0.15, -0.1) is 0 Å². The topological polar surface area (TPSA) is 79.8 Å². The maximum Gasteiger partial charge on any atom is 0.267 e. The Morgan fingerprint density at radius 3 is 2.95 bits per heavy atom. The molecule has 0 aliphatic heterocycles. The van der Waals surface area contributed by atoms with Gasteiger partial charge in [0.05, 0.1) is 0 Å². The van der Waals surface area contributed by atoms with E-state index >= 15 is 0 Å². The second-order valence-corrected chi connectivity index (χ2v) is 5.17. The Labute approximate surface area is 123 Å². The number of imidazole rings is 1. The molecule has 6 heteroatoms. The van der Waals surface area contributed by atoms with E-state index in [4.69, 9.17) is 0 Å². The number of aryl methyl sites for hydroxylation is 1. The summed E-state index contributed by atoms with van der Waals surface area (Å²) < 4.78 is 2.10. The average molecular weight is 288 g/mol. The van der Waals surface area contributed by atoms with Crippen molar-refractivity contribution in [1.29, 1.82) is 0 Å². The molecule has 0 aliphatic carbocycles. The molecule has 1 amide bonds. The van der Waals surface area contributed by atoms with E-state index in [9.17, 15) is 9.59 Å². The van der Waals surface area contributed by atoms with Gasteiger partial charge in [0, 0.05) is 37.5 Å². The first-order valence-electron chi connectivity index (χ1n) is 7.06. The van der Waals surface area contributed by atoms with E-state index in [1.54, 1.807) is 18.3 Å². The summed E-state index contributed by atoms with van der Waals surface area (Å²) >= 11 is 0. The van der Waals surface area contributed by atoms with E-state index in [2.05, 4.69) is 33.7 Å². The summed E-state index contributed by atoms with van der Waals surface area (Å²) in [6, 6.07) is 4.53. The second kappa shape index (κ2) is 6.88. The third-order valence-corrected chi connectivity index (χ3v) is 3.14.